The summed E-state index contributed by atoms with van der Waals surface area (Å²) < 4.78 is 5.73. The summed E-state index contributed by atoms with van der Waals surface area (Å²) in [5.41, 5.74) is 7.11. The molecule has 2 rings (SSSR count). The summed E-state index contributed by atoms with van der Waals surface area (Å²) in [6.45, 7) is 8.45. The fourth-order valence-electron chi connectivity index (χ4n) is 2.04. The highest BCUT2D eigenvalue weighted by Gasteiger charge is 2.19. The lowest BCUT2D eigenvalue weighted by molar-refractivity contribution is 0.271. The van der Waals surface area contributed by atoms with E-state index in [1.807, 2.05) is 24.3 Å². The molecule has 0 aliphatic rings. The van der Waals surface area contributed by atoms with Gasteiger partial charge in [0.05, 0.1) is 12.3 Å². The molecule has 1 aromatic carbocycles. The minimum atomic E-state index is -0.725. The fraction of sp³-hybridized carbons (Fsp3) is 0.412. The van der Waals surface area contributed by atoms with Gasteiger partial charge in [-0.1, -0.05) is 26.0 Å². The van der Waals surface area contributed by atoms with Gasteiger partial charge in [0.2, 0.25) is 0 Å². The SMILES string of the molecule is CC(C)COc1cccc(-c2cc(C(C)(C)N)c(=O)[nH]n2)c1. The van der Waals surface area contributed by atoms with Crippen LogP contribution >= 0.6 is 0 Å². The van der Waals surface area contributed by atoms with Crippen LogP contribution < -0.4 is 16.0 Å². The molecule has 5 nitrogen and oxygen atoms in total. The average Bonchev–Trinajstić information content (AvgIpc) is 2.44. The number of hydrogen-bond donors (Lipinski definition) is 2. The molecule has 1 aromatic heterocycles. The predicted octanol–water partition coefficient (Wildman–Crippen LogP) is 2.67. The Morgan fingerprint density at radius 2 is 2.05 bits per heavy atom. The number of hydrogen-bond acceptors (Lipinski definition) is 4. The number of aromatic nitrogens is 2. The Morgan fingerprint density at radius 3 is 2.68 bits per heavy atom. The molecule has 0 radical (unpaired) electrons. The van der Waals surface area contributed by atoms with Gasteiger partial charge in [0, 0.05) is 16.7 Å². The Bertz CT molecular complexity index is 700. The van der Waals surface area contributed by atoms with Crippen molar-refractivity contribution < 1.29 is 4.74 Å². The molecule has 5 heteroatoms. The maximum Gasteiger partial charge on any atom is 0.269 e. The van der Waals surface area contributed by atoms with Crippen molar-refractivity contribution in [1.82, 2.24) is 10.2 Å². The number of rotatable bonds is 5. The summed E-state index contributed by atoms with van der Waals surface area (Å²) >= 11 is 0. The summed E-state index contributed by atoms with van der Waals surface area (Å²) in [5, 5.41) is 6.63. The van der Waals surface area contributed by atoms with Crippen molar-refractivity contribution in [1.29, 1.82) is 0 Å². The van der Waals surface area contributed by atoms with Crippen LogP contribution in [0.4, 0.5) is 0 Å². The molecular formula is C17H23N3O2. The Labute approximate surface area is 130 Å². The van der Waals surface area contributed by atoms with Crippen molar-refractivity contribution in [2.24, 2.45) is 11.7 Å². The molecule has 0 saturated carbocycles. The summed E-state index contributed by atoms with van der Waals surface area (Å²) in [7, 11) is 0. The second-order valence-corrected chi connectivity index (χ2v) is 6.45. The van der Waals surface area contributed by atoms with Crippen LogP contribution in [0.2, 0.25) is 0 Å². The number of aromatic amines is 1. The third kappa shape index (κ3) is 3.95. The van der Waals surface area contributed by atoms with Crippen LogP contribution in [0.25, 0.3) is 11.3 Å². The fourth-order valence-corrected chi connectivity index (χ4v) is 2.04. The molecular weight excluding hydrogens is 278 g/mol. The van der Waals surface area contributed by atoms with Crippen molar-refractivity contribution in [3.8, 4) is 17.0 Å². The molecule has 0 aliphatic heterocycles. The number of nitrogens with two attached hydrogens (primary N) is 1. The monoisotopic (exact) mass is 301 g/mol. The largest absolute Gasteiger partial charge is 0.493 e. The molecule has 0 bridgehead atoms. The van der Waals surface area contributed by atoms with Gasteiger partial charge in [0.1, 0.15) is 5.75 Å². The number of nitrogens with zero attached hydrogens (tertiary/aromatic N) is 1. The Kier molecular flexibility index (Phi) is 4.66. The molecule has 22 heavy (non-hydrogen) atoms. The van der Waals surface area contributed by atoms with Gasteiger partial charge in [0.25, 0.3) is 5.56 Å². The van der Waals surface area contributed by atoms with Crippen LogP contribution in [-0.4, -0.2) is 16.8 Å². The highest BCUT2D eigenvalue weighted by molar-refractivity contribution is 5.61. The molecule has 0 atom stereocenters. The van der Waals surface area contributed by atoms with E-state index in [0.29, 0.717) is 23.8 Å². The summed E-state index contributed by atoms with van der Waals surface area (Å²) in [6, 6.07) is 9.39. The molecule has 2 aromatic rings. The minimum Gasteiger partial charge on any atom is -0.493 e. The van der Waals surface area contributed by atoms with Crippen LogP contribution in [0, 0.1) is 5.92 Å². The van der Waals surface area contributed by atoms with Crippen LogP contribution in [0.15, 0.2) is 35.1 Å². The first kappa shape index (κ1) is 16.2. The normalized spacial score (nSPS) is 11.7. The molecule has 1 heterocycles. The Hall–Kier alpha value is -2.14. The second kappa shape index (κ2) is 6.32. The van der Waals surface area contributed by atoms with Crippen LogP contribution in [0.5, 0.6) is 5.75 Å². The van der Waals surface area contributed by atoms with E-state index in [-0.39, 0.29) is 5.56 Å². The topological polar surface area (TPSA) is 81.0 Å². The van der Waals surface area contributed by atoms with Crippen molar-refractivity contribution in [2.75, 3.05) is 6.61 Å². The van der Waals surface area contributed by atoms with E-state index in [1.165, 1.54) is 0 Å². The lowest BCUT2D eigenvalue weighted by Crippen LogP contribution is -2.35. The van der Waals surface area contributed by atoms with Crippen LogP contribution in [0.1, 0.15) is 33.3 Å². The Morgan fingerprint density at radius 1 is 1.32 bits per heavy atom. The highest BCUT2D eigenvalue weighted by atomic mass is 16.5. The molecule has 0 saturated heterocycles. The van der Waals surface area contributed by atoms with E-state index >= 15 is 0 Å². The van der Waals surface area contributed by atoms with Crippen LogP contribution in [-0.2, 0) is 5.54 Å². The van der Waals surface area contributed by atoms with Gasteiger partial charge in [-0.05, 0) is 38.0 Å². The van der Waals surface area contributed by atoms with Crippen molar-refractivity contribution in [3.05, 3.63) is 46.2 Å². The number of H-pyrrole nitrogens is 1. The van der Waals surface area contributed by atoms with Gasteiger partial charge in [-0.3, -0.25) is 4.79 Å². The lowest BCUT2D eigenvalue weighted by Gasteiger charge is -2.18. The standard InChI is InChI=1S/C17H23N3O2/c1-11(2)10-22-13-7-5-6-12(8-13)15-9-14(17(3,4)18)16(21)20-19-15/h5-9,11H,10,18H2,1-4H3,(H,20,21). The average molecular weight is 301 g/mol. The van der Waals surface area contributed by atoms with Crippen molar-refractivity contribution >= 4 is 0 Å². The zero-order chi connectivity index (χ0) is 16.3. The van der Waals surface area contributed by atoms with Crippen molar-refractivity contribution in [2.45, 2.75) is 33.2 Å². The first-order chi connectivity index (χ1) is 10.3. The second-order valence-electron chi connectivity index (χ2n) is 6.45. The summed E-state index contributed by atoms with van der Waals surface area (Å²) in [4.78, 5) is 11.9. The first-order valence-corrected chi connectivity index (χ1v) is 7.39. The number of nitrogens with one attached hydrogen (secondary N) is 1. The number of ether oxygens (including phenoxy) is 1. The number of benzene rings is 1. The zero-order valence-electron chi connectivity index (χ0n) is 13.5. The van der Waals surface area contributed by atoms with Crippen molar-refractivity contribution in [3.63, 3.8) is 0 Å². The maximum absolute atomic E-state index is 11.9. The molecule has 3 N–H and O–H groups in total. The zero-order valence-corrected chi connectivity index (χ0v) is 13.5. The quantitative estimate of drug-likeness (QED) is 0.889. The van der Waals surface area contributed by atoms with Crippen LogP contribution in [0.3, 0.4) is 0 Å². The molecule has 0 amide bonds. The van der Waals surface area contributed by atoms with E-state index in [4.69, 9.17) is 10.5 Å². The molecule has 118 valence electrons. The van der Waals surface area contributed by atoms with E-state index in [9.17, 15) is 4.79 Å². The van der Waals surface area contributed by atoms with Gasteiger partial charge in [-0.15, -0.1) is 0 Å². The van der Waals surface area contributed by atoms with E-state index in [0.717, 1.165) is 11.3 Å². The highest BCUT2D eigenvalue weighted by Crippen LogP contribution is 2.24. The predicted molar refractivity (Wildman–Crippen MR) is 87.8 cm³/mol. The van der Waals surface area contributed by atoms with E-state index in [2.05, 4.69) is 24.0 Å². The van der Waals surface area contributed by atoms with Gasteiger partial charge >= 0.3 is 0 Å². The van der Waals surface area contributed by atoms with Gasteiger partial charge in [-0.2, -0.15) is 5.10 Å². The molecule has 0 unspecified atom stereocenters. The van der Waals surface area contributed by atoms with Gasteiger partial charge < -0.3 is 10.5 Å². The maximum atomic E-state index is 11.9. The minimum absolute atomic E-state index is 0.261. The smallest absolute Gasteiger partial charge is 0.269 e. The molecule has 0 spiro atoms. The van der Waals surface area contributed by atoms with E-state index < -0.39 is 5.54 Å². The third-order valence-corrected chi connectivity index (χ3v) is 3.21. The Balaban J connectivity index is 2.36. The summed E-state index contributed by atoms with van der Waals surface area (Å²) in [5.74, 6) is 1.24. The molecule has 0 aliphatic carbocycles. The van der Waals surface area contributed by atoms with Gasteiger partial charge in [0.15, 0.2) is 0 Å². The summed E-state index contributed by atoms with van der Waals surface area (Å²) in [6.07, 6.45) is 0. The molecule has 0 fully saturated rings. The first-order valence-electron chi connectivity index (χ1n) is 7.39. The van der Waals surface area contributed by atoms with Gasteiger partial charge in [-0.25, -0.2) is 5.10 Å². The van der Waals surface area contributed by atoms with E-state index in [1.54, 1.807) is 19.9 Å². The third-order valence-electron chi connectivity index (χ3n) is 3.21. The lowest BCUT2D eigenvalue weighted by atomic mass is 9.96.